The number of carbonyl (C=O) groups excluding carboxylic acids is 1. The van der Waals surface area contributed by atoms with E-state index < -0.39 is 0 Å². The van der Waals surface area contributed by atoms with Crippen LogP contribution in [0.2, 0.25) is 0 Å². The smallest absolute Gasteiger partial charge is 0.259 e. The molecule has 0 bridgehead atoms. The standard InChI is InChI=1S/C14H12Br2N2O2/c1-20-12-6-5-8(17)7-9(12)14(19)18-13-10(15)3-2-4-11(13)16/h2-7H,17H2,1H3,(H,18,19). The summed E-state index contributed by atoms with van der Waals surface area (Å²) in [6.07, 6.45) is 0. The molecule has 0 saturated carbocycles. The van der Waals surface area contributed by atoms with E-state index >= 15 is 0 Å². The van der Waals surface area contributed by atoms with Gasteiger partial charge in [0.1, 0.15) is 5.75 Å². The van der Waals surface area contributed by atoms with Crippen LogP contribution in [0.15, 0.2) is 45.3 Å². The van der Waals surface area contributed by atoms with Crippen molar-refractivity contribution in [3.05, 3.63) is 50.9 Å². The minimum absolute atomic E-state index is 0.290. The van der Waals surface area contributed by atoms with Crippen molar-refractivity contribution in [3.8, 4) is 5.75 Å². The van der Waals surface area contributed by atoms with Gasteiger partial charge >= 0.3 is 0 Å². The molecule has 2 aromatic rings. The highest BCUT2D eigenvalue weighted by Crippen LogP contribution is 2.32. The third kappa shape index (κ3) is 3.13. The number of hydrogen-bond acceptors (Lipinski definition) is 3. The zero-order chi connectivity index (χ0) is 14.7. The Balaban J connectivity index is 2.35. The SMILES string of the molecule is COc1ccc(N)cc1C(=O)Nc1c(Br)cccc1Br. The van der Waals surface area contributed by atoms with Crippen LogP contribution in [0.5, 0.6) is 5.75 Å². The molecule has 0 fully saturated rings. The fraction of sp³-hybridized carbons (Fsp3) is 0.0714. The number of nitrogen functional groups attached to an aromatic ring is 1. The van der Waals surface area contributed by atoms with Gasteiger partial charge in [0.25, 0.3) is 5.91 Å². The van der Waals surface area contributed by atoms with E-state index in [-0.39, 0.29) is 5.91 Å². The number of anilines is 2. The molecule has 0 aliphatic heterocycles. The fourth-order valence-electron chi connectivity index (χ4n) is 1.70. The third-order valence-corrected chi connectivity index (χ3v) is 3.99. The summed E-state index contributed by atoms with van der Waals surface area (Å²) in [4.78, 5) is 12.4. The molecule has 2 aromatic carbocycles. The van der Waals surface area contributed by atoms with Gasteiger partial charge in [0, 0.05) is 14.6 Å². The van der Waals surface area contributed by atoms with E-state index in [9.17, 15) is 4.79 Å². The first-order valence-corrected chi connectivity index (χ1v) is 7.30. The highest BCUT2D eigenvalue weighted by Gasteiger charge is 2.15. The first-order valence-electron chi connectivity index (χ1n) is 5.72. The molecule has 0 atom stereocenters. The number of carbonyl (C=O) groups is 1. The molecule has 0 heterocycles. The van der Waals surface area contributed by atoms with Gasteiger partial charge < -0.3 is 15.8 Å². The molecule has 0 spiro atoms. The van der Waals surface area contributed by atoms with Gasteiger partial charge in [0.2, 0.25) is 0 Å². The Morgan fingerprint density at radius 1 is 1.20 bits per heavy atom. The summed E-state index contributed by atoms with van der Waals surface area (Å²) in [7, 11) is 1.51. The van der Waals surface area contributed by atoms with Gasteiger partial charge in [-0.2, -0.15) is 0 Å². The van der Waals surface area contributed by atoms with E-state index in [4.69, 9.17) is 10.5 Å². The van der Waals surface area contributed by atoms with Crippen molar-refractivity contribution >= 4 is 49.1 Å². The van der Waals surface area contributed by atoms with Crippen molar-refractivity contribution in [1.29, 1.82) is 0 Å². The van der Waals surface area contributed by atoms with Gasteiger partial charge in [-0.15, -0.1) is 0 Å². The average molecular weight is 400 g/mol. The molecule has 6 heteroatoms. The number of benzene rings is 2. The van der Waals surface area contributed by atoms with E-state index in [0.717, 1.165) is 8.95 Å². The summed E-state index contributed by atoms with van der Waals surface area (Å²) in [5.74, 6) is 0.182. The monoisotopic (exact) mass is 398 g/mol. The molecule has 0 aliphatic carbocycles. The van der Waals surface area contributed by atoms with E-state index in [1.807, 2.05) is 18.2 Å². The van der Waals surface area contributed by atoms with Crippen LogP contribution >= 0.6 is 31.9 Å². The maximum Gasteiger partial charge on any atom is 0.259 e. The lowest BCUT2D eigenvalue weighted by Crippen LogP contribution is -2.14. The van der Waals surface area contributed by atoms with Crippen molar-refractivity contribution in [3.63, 3.8) is 0 Å². The van der Waals surface area contributed by atoms with Crippen molar-refractivity contribution < 1.29 is 9.53 Å². The molecular formula is C14H12Br2N2O2. The fourth-order valence-corrected chi connectivity index (χ4v) is 2.90. The molecule has 0 aliphatic rings. The van der Waals surface area contributed by atoms with E-state index in [2.05, 4.69) is 37.2 Å². The van der Waals surface area contributed by atoms with Crippen molar-refractivity contribution in [1.82, 2.24) is 0 Å². The van der Waals surface area contributed by atoms with Crippen molar-refractivity contribution in [2.24, 2.45) is 0 Å². The molecule has 0 saturated heterocycles. The first kappa shape index (κ1) is 14.9. The van der Waals surface area contributed by atoms with Crippen molar-refractivity contribution in [2.45, 2.75) is 0 Å². The highest BCUT2D eigenvalue weighted by atomic mass is 79.9. The second kappa shape index (κ2) is 6.28. The van der Waals surface area contributed by atoms with Crippen LogP contribution in [0.4, 0.5) is 11.4 Å². The number of hydrogen-bond donors (Lipinski definition) is 2. The van der Waals surface area contributed by atoms with Crippen LogP contribution in [0.3, 0.4) is 0 Å². The molecule has 104 valence electrons. The summed E-state index contributed by atoms with van der Waals surface area (Å²) in [6, 6.07) is 10.5. The first-order chi connectivity index (χ1) is 9.52. The highest BCUT2D eigenvalue weighted by molar-refractivity contribution is 9.11. The van der Waals surface area contributed by atoms with E-state index in [0.29, 0.717) is 22.7 Å². The minimum atomic E-state index is -0.290. The van der Waals surface area contributed by atoms with Gasteiger partial charge in [0.15, 0.2) is 0 Å². The summed E-state index contributed by atoms with van der Waals surface area (Å²) < 4.78 is 6.74. The predicted octanol–water partition coefficient (Wildman–Crippen LogP) is 4.05. The number of rotatable bonds is 3. The van der Waals surface area contributed by atoms with Gasteiger partial charge in [-0.1, -0.05) is 6.07 Å². The van der Waals surface area contributed by atoms with E-state index in [1.54, 1.807) is 18.2 Å². The molecule has 4 nitrogen and oxygen atoms in total. The molecule has 20 heavy (non-hydrogen) atoms. The molecule has 3 N–H and O–H groups in total. The third-order valence-electron chi connectivity index (χ3n) is 2.67. The summed E-state index contributed by atoms with van der Waals surface area (Å²) in [5.41, 5.74) is 7.26. The van der Waals surface area contributed by atoms with Gasteiger partial charge in [-0.3, -0.25) is 4.79 Å². The Kier molecular flexibility index (Phi) is 4.67. The maximum absolute atomic E-state index is 12.4. The second-order valence-corrected chi connectivity index (χ2v) is 5.72. The number of methoxy groups -OCH3 is 1. The maximum atomic E-state index is 12.4. The minimum Gasteiger partial charge on any atom is -0.496 e. The quantitative estimate of drug-likeness (QED) is 0.765. The zero-order valence-corrected chi connectivity index (χ0v) is 13.8. The lowest BCUT2D eigenvalue weighted by atomic mass is 10.1. The second-order valence-electron chi connectivity index (χ2n) is 4.01. The Labute approximate surface area is 133 Å². The molecule has 1 amide bonds. The number of ether oxygens (including phenoxy) is 1. The molecule has 0 radical (unpaired) electrons. The zero-order valence-electron chi connectivity index (χ0n) is 10.6. The van der Waals surface area contributed by atoms with Crippen molar-refractivity contribution in [2.75, 3.05) is 18.2 Å². The Hall–Kier alpha value is -1.53. The van der Waals surface area contributed by atoms with Crippen LogP contribution in [-0.4, -0.2) is 13.0 Å². The molecule has 0 aromatic heterocycles. The summed E-state index contributed by atoms with van der Waals surface area (Å²) in [6.45, 7) is 0. The summed E-state index contributed by atoms with van der Waals surface area (Å²) in [5, 5.41) is 2.83. The Morgan fingerprint density at radius 2 is 1.85 bits per heavy atom. The van der Waals surface area contributed by atoms with Crippen LogP contribution < -0.4 is 15.8 Å². The lowest BCUT2D eigenvalue weighted by molar-refractivity contribution is 0.102. The largest absolute Gasteiger partial charge is 0.496 e. The van der Waals surface area contributed by atoms with Crippen LogP contribution in [0.25, 0.3) is 0 Å². The molecule has 2 rings (SSSR count). The number of para-hydroxylation sites is 1. The van der Waals surface area contributed by atoms with Crippen LogP contribution in [0.1, 0.15) is 10.4 Å². The van der Waals surface area contributed by atoms with Crippen LogP contribution in [-0.2, 0) is 0 Å². The van der Waals surface area contributed by atoms with E-state index in [1.165, 1.54) is 7.11 Å². The summed E-state index contributed by atoms with van der Waals surface area (Å²) >= 11 is 6.80. The predicted molar refractivity (Wildman–Crippen MR) is 87.2 cm³/mol. The number of nitrogens with two attached hydrogens (primary N) is 1. The number of halogens is 2. The normalized spacial score (nSPS) is 10.2. The topological polar surface area (TPSA) is 64.3 Å². The van der Waals surface area contributed by atoms with Crippen LogP contribution in [0, 0.1) is 0 Å². The Bertz CT molecular complexity index is 639. The average Bonchev–Trinajstić information content (AvgIpc) is 2.43. The Morgan fingerprint density at radius 3 is 2.45 bits per heavy atom. The molecular weight excluding hydrogens is 388 g/mol. The van der Waals surface area contributed by atoms with Gasteiger partial charge in [0.05, 0.1) is 18.4 Å². The molecule has 0 unspecified atom stereocenters. The lowest BCUT2D eigenvalue weighted by Gasteiger charge is -2.12. The number of amides is 1. The van der Waals surface area contributed by atoms with Gasteiger partial charge in [-0.05, 0) is 62.2 Å². The van der Waals surface area contributed by atoms with Gasteiger partial charge in [-0.25, -0.2) is 0 Å². The number of nitrogens with one attached hydrogen (secondary N) is 1.